The highest BCUT2D eigenvalue weighted by Crippen LogP contribution is 2.25. The minimum atomic E-state index is -0.386. The fourth-order valence-electron chi connectivity index (χ4n) is 3.47. The number of piperidine rings is 1. The van der Waals surface area contributed by atoms with Crippen LogP contribution >= 0.6 is 22.9 Å². The first kappa shape index (κ1) is 20.6. The van der Waals surface area contributed by atoms with Gasteiger partial charge in [-0.15, -0.1) is 11.3 Å². The number of thiazole rings is 1. The summed E-state index contributed by atoms with van der Waals surface area (Å²) in [6.07, 6.45) is 1.61. The van der Waals surface area contributed by atoms with Crippen molar-refractivity contribution in [2.24, 2.45) is 5.92 Å². The van der Waals surface area contributed by atoms with E-state index in [9.17, 15) is 4.79 Å². The van der Waals surface area contributed by atoms with Gasteiger partial charge in [-0.05, 0) is 43.0 Å². The number of nitrogens with one attached hydrogen (secondary N) is 1. The Hall–Kier alpha value is -2.64. The van der Waals surface area contributed by atoms with Gasteiger partial charge < -0.3 is 15.0 Å². The number of pyridine rings is 1. The maximum absolute atomic E-state index is 11.9. The molecule has 0 aliphatic carbocycles. The highest BCUT2D eigenvalue weighted by atomic mass is 35.5. The Labute approximate surface area is 184 Å². The Morgan fingerprint density at radius 1 is 1.20 bits per heavy atom. The summed E-state index contributed by atoms with van der Waals surface area (Å²) in [5.41, 5.74) is 4.49. The Morgan fingerprint density at radius 3 is 2.73 bits per heavy atom. The lowest BCUT2D eigenvalue weighted by molar-refractivity contribution is 0.136. The Balaban J connectivity index is 1.25. The maximum atomic E-state index is 11.9. The van der Waals surface area contributed by atoms with Gasteiger partial charge in [-0.2, -0.15) is 0 Å². The molecule has 0 atom stereocenters. The molecule has 1 amide bonds. The van der Waals surface area contributed by atoms with Crippen molar-refractivity contribution in [1.29, 1.82) is 0 Å². The summed E-state index contributed by atoms with van der Waals surface area (Å²) in [4.78, 5) is 23.1. The van der Waals surface area contributed by atoms with Crippen molar-refractivity contribution in [3.8, 4) is 11.3 Å². The van der Waals surface area contributed by atoms with Crippen LogP contribution in [0.15, 0.2) is 53.4 Å². The first-order chi connectivity index (χ1) is 14.7. The molecular formula is C22H23ClN4O2S. The van der Waals surface area contributed by atoms with Crippen LogP contribution in [0.4, 0.5) is 10.6 Å². The van der Waals surface area contributed by atoms with Crippen LogP contribution in [0.3, 0.4) is 0 Å². The van der Waals surface area contributed by atoms with Crippen molar-refractivity contribution in [1.82, 2.24) is 15.3 Å². The van der Waals surface area contributed by atoms with E-state index in [1.807, 2.05) is 47.8 Å². The normalized spacial score (nSPS) is 14.5. The smallest absolute Gasteiger partial charge is 0.407 e. The number of carbonyl (C=O) groups is 1. The number of anilines is 1. The molecule has 0 unspecified atom stereocenters. The first-order valence-electron chi connectivity index (χ1n) is 9.93. The van der Waals surface area contributed by atoms with E-state index in [4.69, 9.17) is 21.3 Å². The van der Waals surface area contributed by atoms with E-state index in [-0.39, 0.29) is 12.7 Å². The monoisotopic (exact) mass is 442 g/mol. The SMILES string of the molecule is O=C(NCC1CCN(c2cccc(-c3ccc(Cl)cc3)n2)CC1)OCc1cscn1. The van der Waals surface area contributed by atoms with E-state index >= 15 is 0 Å². The van der Waals surface area contributed by atoms with Crippen LogP contribution in [0, 0.1) is 5.92 Å². The average Bonchev–Trinajstić information content (AvgIpc) is 3.31. The van der Waals surface area contributed by atoms with Gasteiger partial charge >= 0.3 is 6.09 Å². The summed E-state index contributed by atoms with van der Waals surface area (Å²) >= 11 is 7.47. The zero-order valence-corrected chi connectivity index (χ0v) is 18.0. The average molecular weight is 443 g/mol. The molecule has 0 radical (unpaired) electrons. The van der Waals surface area contributed by atoms with Crippen molar-refractivity contribution in [2.75, 3.05) is 24.5 Å². The number of hydrogen-bond acceptors (Lipinski definition) is 6. The molecule has 156 valence electrons. The second-order valence-corrected chi connectivity index (χ2v) is 8.41. The number of aromatic nitrogens is 2. The number of benzene rings is 1. The molecule has 30 heavy (non-hydrogen) atoms. The molecule has 1 N–H and O–H groups in total. The second-order valence-electron chi connectivity index (χ2n) is 7.26. The molecule has 3 heterocycles. The van der Waals surface area contributed by atoms with Gasteiger partial charge in [0.05, 0.1) is 16.9 Å². The highest BCUT2D eigenvalue weighted by Gasteiger charge is 2.21. The van der Waals surface area contributed by atoms with E-state index < -0.39 is 0 Å². The van der Waals surface area contributed by atoms with Crippen molar-refractivity contribution < 1.29 is 9.53 Å². The number of nitrogens with zero attached hydrogens (tertiary/aromatic N) is 3. The minimum absolute atomic E-state index is 0.212. The number of halogens is 1. The number of rotatable bonds is 6. The first-order valence-corrected chi connectivity index (χ1v) is 11.2. The lowest BCUT2D eigenvalue weighted by atomic mass is 9.97. The van der Waals surface area contributed by atoms with Crippen molar-refractivity contribution in [2.45, 2.75) is 19.4 Å². The van der Waals surface area contributed by atoms with Gasteiger partial charge in [0.25, 0.3) is 0 Å². The number of carbonyl (C=O) groups excluding carboxylic acids is 1. The lowest BCUT2D eigenvalue weighted by Crippen LogP contribution is -2.39. The zero-order valence-electron chi connectivity index (χ0n) is 16.5. The molecule has 0 spiro atoms. The van der Waals surface area contributed by atoms with Gasteiger partial charge in [0.1, 0.15) is 12.4 Å². The molecule has 0 bridgehead atoms. The van der Waals surface area contributed by atoms with E-state index in [2.05, 4.69) is 15.2 Å². The summed E-state index contributed by atoms with van der Waals surface area (Å²) in [7, 11) is 0. The number of alkyl carbamates (subject to hydrolysis) is 1. The van der Waals surface area contributed by atoms with E-state index in [1.54, 1.807) is 5.51 Å². The fraction of sp³-hybridized carbons (Fsp3) is 0.318. The molecule has 1 aliphatic rings. The maximum Gasteiger partial charge on any atom is 0.407 e. The van der Waals surface area contributed by atoms with Gasteiger partial charge in [-0.25, -0.2) is 14.8 Å². The van der Waals surface area contributed by atoms with Crippen LogP contribution < -0.4 is 10.2 Å². The third kappa shape index (κ3) is 5.49. The van der Waals surface area contributed by atoms with Gasteiger partial charge in [0.15, 0.2) is 0 Å². The molecule has 2 aromatic heterocycles. The molecule has 1 aliphatic heterocycles. The predicted molar refractivity (Wildman–Crippen MR) is 120 cm³/mol. The van der Waals surface area contributed by atoms with Crippen LogP contribution in [0.5, 0.6) is 0 Å². The molecule has 1 aromatic carbocycles. The van der Waals surface area contributed by atoms with E-state index in [1.165, 1.54) is 11.3 Å². The Bertz CT molecular complexity index is 958. The van der Waals surface area contributed by atoms with E-state index in [0.29, 0.717) is 12.5 Å². The van der Waals surface area contributed by atoms with E-state index in [0.717, 1.165) is 53.7 Å². The molecule has 1 fully saturated rings. The van der Waals surface area contributed by atoms with Crippen LogP contribution in [-0.4, -0.2) is 35.7 Å². The number of amides is 1. The zero-order chi connectivity index (χ0) is 20.8. The summed E-state index contributed by atoms with van der Waals surface area (Å²) in [5.74, 6) is 1.42. The molecule has 4 rings (SSSR count). The summed E-state index contributed by atoms with van der Waals surface area (Å²) < 4.78 is 5.20. The van der Waals surface area contributed by atoms with Gasteiger partial charge in [-0.1, -0.05) is 29.8 Å². The van der Waals surface area contributed by atoms with Crippen LogP contribution in [0.2, 0.25) is 5.02 Å². The largest absolute Gasteiger partial charge is 0.443 e. The minimum Gasteiger partial charge on any atom is -0.443 e. The van der Waals surface area contributed by atoms with Crippen LogP contribution in [0.25, 0.3) is 11.3 Å². The lowest BCUT2D eigenvalue weighted by Gasteiger charge is -2.33. The third-order valence-electron chi connectivity index (χ3n) is 5.18. The van der Waals surface area contributed by atoms with Gasteiger partial charge in [-0.3, -0.25) is 0 Å². The van der Waals surface area contributed by atoms with Crippen LogP contribution in [-0.2, 0) is 11.3 Å². The van der Waals surface area contributed by atoms with Crippen molar-refractivity contribution in [3.63, 3.8) is 0 Å². The highest BCUT2D eigenvalue weighted by molar-refractivity contribution is 7.07. The molecule has 0 saturated carbocycles. The molecule has 3 aromatic rings. The summed E-state index contributed by atoms with van der Waals surface area (Å²) in [6, 6.07) is 13.8. The van der Waals surface area contributed by atoms with Crippen molar-refractivity contribution in [3.05, 3.63) is 64.1 Å². The second kappa shape index (κ2) is 9.91. The van der Waals surface area contributed by atoms with Crippen molar-refractivity contribution >= 4 is 34.8 Å². The number of ether oxygens (including phenoxy) is 1. The Kier molecular flexibility index (Phi) is 6.81. The predicted octanol–water partition coefficient (Wildman–Crippen LogP) is 5.00. The topological polar surface area (TPSA) is 67.4 Å². The standard InChI is InChI=1S/C22H23ClN4O2S/c23-18-6-4-17(5-7-18)20-2-1-3-21(26-20)27-10-8-16(9-11-27)12-24-22(28)29-13-19-14-30-15-25-19/h1-7,14-16H,8-13H2,(H,24,28). The van der Waals surface area contributed by atoms with Crippen LogP contribution in [0.1, 0.15) is 18.5 Å². The molecule has 1 saturated heterocycles. The summed E-state index contributed by atoms with van der Waals surface area (Å²) in [5, 5.41) is 5.47. The molecule has 6 nitrogen and oxygen atoms in total. The summed E-state index contributed by atoms with van der Waals surface area (Å²) in [6.45, 7) is 2.67. The quantitative estimate of drug-likeness (QED) is 0.581. The molecule has 8 heteroatoms. The Morgan fingerprint density at radius 2 is 2.00 bits per heavy atom. The third-order valence-corrected chi connectivity index (χ3v) is 6.07. The number of hydrogen-bond donors (Lipinski definition) is 1. The van der Waals surface area contributed by atoms with Gasteiger partial charge in [0.2, 0.25) is 0 Å². The van der Waals surface area contributed by atoms with Gasteiger partial charge in [0, 0.05) is 35.6 Å². The fourth-order valence-corrected chi connectivity index (χ4v) is 4.14. The molecular weight excluding hydrogens is 420 g/mol.